The quantitative estimate of drug-likeness (QED) is 0.837. The lowest BCUT2D eigenvalue weighted by molar-refractivity contribution is -0.115. The zero-order valence-corrected chi connectivity index (χ0v) is 16.2. The first-order valence-corrected chi connectivity index (χ1v) is 8.92. The van der Waals surface area contributed by atoms with Gasteiger partial charge in [0.1, 0.15) is 12.7 Å². The van der Waals surface area contributed by atoms with E-state index in [1.54, 1.807) is 29.2 Å². The number of amides is 1. The number of nitrogens with zero attached hydrogens (tertiary/aromatic N) is 3. The molecule has 7 nitrogen and oxygen atoms in total. The Kier molecular flexibility index (Phi) is 5.05. The summed E-state index contributed by atoms with van der Waals surface area (Å²) in [5, 5.41) is 10.8. The molecule has 0 aliphatic carbocycles. The highest BCUT2D eigenvalue weighted by molar-refractivity contribution is 6.31. The molecule has 1 aliphatic heterocycles. The molecule has 8 heteroatoms. The summed E-state index contributed by atoms with van der Waals surface area (Å²) in [6.07, 6.45) is 3.85. The third kappa shape index (κ3) is 4.23. The van der Waals surface area contributed by atoms with Gasteiger partial charge in [0, 0.05) is 11.1 Å². The molecule has 1 aromatic carbocycles. The van der Waals surface area contributed by atoms with Crippen molar-refractivity contribution in [1.29, 1.82) is 0 Å². The fourth-order valence-corrected chi connectivity index (χ4v) is 3.60. The van der Waals surface area contributed by atoms with Crippen LogP contribution in [0.1, 0.15) is 34.1 Å². The predicted molar refractivity (Wildman–Crippen MR) is 101 cm³/mol. The van der Waals surface area contributed by atoms with E-state index in [-0.39, 0.29) is 29.7 Å². The highest BCUT2D eigenvalue weighted by Crippen LogP contribution is 2.37. The Morgan fingerprint density at radius 1 is 1.38 bits per heavy atom. The molecule has 1 saturated heterocycles. The van der Waals surface area contributed by atoms with Crippen molar-refractivity contribution in [3.63, 3.8) is 0 Å². The summed E-state index contributed by atoms with van der Waals surface area (Å²) in [6.45, 7) is 8.38. The summed E-state index contributed by atoms with van der Waals surface area (Å²) in [7, 11) is 0. The van der Waals surface area contributed by atoms with Crippen molar-refractivity contribution in [3.05, 3.63) is 35.9 Å². The summed E-state index contributed by atoms with van der Waals surface area (Å²) in [5.74, 6) is -0.158. The number of aromatic nitrogens is 3. The van der Waals surface area contributed by atoms with Crippen molar-refractivity contribution < 1.29 is 9.53 Å². The lowest BCUT2D eigenvalue weighted by atomic mass is 9.94. The van der Waals surface area contributed by atoms with Gasteiger partial charge >= 0.3 is 0 Å². The number of ether oxygens (including phenoxy) is 1. The molecule has 0 radical (unpaired) electrons. The number of anilines is 1. The second-order valence-electron chi connectivity index (χ2n) is 7.65. The van der Waals surface area contributed by atoms with Crippen LogP contribution in [0, 0.1) is 0 Å². The Bertz CT molecular complexity index is 789. The van der Waals surface area contributed by atoms with Gasteiger partial charge in [0.15, 0.2) is 0 Å². The van der Waals surface area contributed by atoms with E-state index in [2.05, 4.69) is 34.6 Å². The van der Waals surface area contributed by atoms with E-state index in [1.807, 2.05) is 13.8 Å². The Morgan fingerprint density at radius 2 is 2.15 bits per heavy atom. The second-order valence-corrected chi connectivity index (χ2v) is 8.09. The van der Waals surface area contributed by atoms with Gasteiger partial charge in [-0.2, -0.15) is 5.10 Å². The van der Waals surface area contributed by atoms with Crippen LogP contribution in [-0.4, -0.2) is 44.5 Å². The molecule has 0 bridgehead atoms. The summed E-state index contributed by atoms with van der Waals surface area (Å²) in [5.41, 5.74) is 0.749. The third-order valence-electron chi connectivity index (χ3n) is 4.48. The molecular weight excluding hydrogens is 354 g/mol. The molecule has 1 atom stereocenters. The molecule has 140 valence electrons. The molecule has 2 N–H and O–H groups in total. The van der Waals surface area contributed by atoms with Gasteiger partial charge in [0.05, 0.1) is 29.1 Å². The lowest BCUT2D eigenvalue weighted by Crippen LogP contribution is -2.46. The minimum atomic E-state index is -0.328. The van der Waals surface area contributed by atoms with Gasteiger partial charge in [0.25, 0.3) is 0 Å². The average molecular weight is 378 g/mol. The van der Waals surface area contributed by atoms with Gasteiger partial charge in [0.2, 0.25) is 5.91 Å². The molecule has 0 saturated carbocycles. The van der Waals surface area contributed by atoms with E-state index in [1.165, 1.54) is 6.33 Å². The molecule has 26 heavy (non-hydrogen) atoms. The Morgan fingerprint density at radius 3 is 2.77 bits per heavy atom. The molecule has 1 aliphatic rings. The number of nitrogens with one attached hydrogen (secondary N) is 2. The van der Waals surface area contributed by atoms with Crippen molar-refractivity contribution in [2.45, 2.75) is 51.4 Å². The molecule has 1 aromatic heterocycles. The summed E-state index contributed by atoms with van der Waals surface area (Å²) >= 11 is 6.08. The highest BCUT2D eigenvalue weighted by Gasteiger charge is 2.45. The van der Waals surface area contributed by atoms with Crippen LogP contribution in [0.15, 0.2) is 30.9 Å². The van der Waals surface area contributed by atoms with Crippen LogP contribution in [0.4, 0.5) is 5.69 Å². The van der Waals surface area contributed by atoms with Crippen LogP contribution in [0.5, 0.6) is 0 Å². The molecule has 1 fully saturated rings. The Balaban J connectivity index is 1.67. The van der Waals surface area contributed by atoms with Crippen LogP contribution in [0.3, 0.4) is 0 Å². The third-order valence-corrected chi connectivity index (χ3v) is 4.72. The monoisotopic (exact) mass is 377 g/mol. The largest absolute Gasteiger partial charge is 0.368 e. The standard InChI is InChI=1S/C18H24ClN5O2/c1-17(2)8-15(18(3,4)26-17)21-9-16(25)23-13-7-12(19)5-6-14(13)24-11-20-10-22-24/h5-7,10-11,15,21H,8-9H2,1-4H3,(H,23,25)/t15-/m1/s1. The van der Waals surface area contributed by atoms with Gasteiger partial charge in [-0.3, -0.25) is 4.79 Å². The van der Waals surface area contributed by atoms with Crippen molar-refractivity contribution in [1.82, 2.24) is 20.1 Å². The lowest BCUT2D eigenvalue weighted by Gasteiger charge is -2.27. The van der Waals surface area contributed by atoms with E-state index >= 15 is 0 Å². The molecule has 0 spiro atoms. The van der Waals surface area contributed by atoms with E-state index in [0.29, 0.717) is 16.4 Å². The van der Waals surface area contributed by atoms with Crippen molar-refractivity contribution in [3.8, 4) is 5.69 Å². The van der Waals surface area contributed by atoms with Gasteiger partial charge in [-0.05, 0) is 52.3 Å². The predicted octanol–water partition coefficient (Wildman–Crippen LogP) is 2.79. The molecule has 2 heterocycles. The van der Waals surface area contributed by atoms with Crippen molar-refractivity contribution >= 4 is 23.2 Å². The van der Waals surface area contributed by atoms with Crippen LogP contribution in [-0.2, 0) is 9.53 Å². The minimum absolute atomic E-state index is 0.0948. The fraction of sp³-hybridized carbons (Fsp3) is 0.500. The molecule has 2 aromatic rings. The molecule has 3 rings (SSSR count). The average Bonchev–Trinajstić information content (AvgIpc) is 3.11. The van der Waals surface area contributed by atoms with Crippen LogP contribution < -0.4 is 10.6 Å². The Labute approximate surface area is 158 Å². The topological polar surface area (TPSA) is 81.1 Å². The van der Waals surface area contributed by atoms with Crippen molar-refractivity contribution in [2.24, 2.45) is 0 Å². The fourth-order valence-electron chi connectivity index (χ4n) is 3.43. The molecular formula is C18H24ClN5O2. The van der Waals surface area contributed by atoms with Gasteiger partial charge in [-0.15, -0.1) is 0 Å². The van der Waals surface area contributed by atoms with Crippen LogP contribution in [0.2, 0.25) is 5.02 Å². The molecule has 1 amide bonds. The van der Waals surface area contributed by atoms with Crippen LogP contribution in [0.25, 0.3) is 5.69 Å². The number of carbonyl (C=O) groups excluding carboxylic acids is 1. The minimum Gasteiger partial charge on any atom is -0.368 e. The molecule has 0 unspecified atom stereocenters. The second kappa shape index (κ2) is 6.98. The normalized spacial score (nSPS) is 20.9. The number of rotatable bonds is 5. The summed E-state index contributed by atoms with van der Waals surface area (Å²) in [6, 6.07) is 5.32. The van der Waals surface area contributed by atoms with E-state index in [9.17, 15) is 4.79 Å². The van der Waals surface area contributed by atoms with E-state index in [4.69, 9.17) is 16.3 Å². The van der Waals surface area contributed by atoms with Gasteiger partial charge < -0.3 is 15.4 Å². The van der Waals surface area contributed by atoms with Gasteiger partial charge in [-0.25, -0.2) is 9.67 Å². The number of hydrogen-bond donors (Lipinski definition) is 2. The van der Waals surface area contributed by atoms with Crippen molar-refractivity contribution in [2.75, 3.05) is 11.9 Å². The number of carbonyl (C=O) groups is 1. The first-order valence-electron chi connectivity index (χ1n) is 8.54. The highest BCUT2D eigenvalue weighted by atomic mass is 35.5. The number of hydrogen-bond acceptors (Lipinski definition) is 5. The maximum atomic E-state index is 12.5. The number of halogens is 1. The summed E-state index contributed by atoms with van der Waals surface area (Å²) < 4.78 is 7.63. The Hall–Kier alpha value is -1.96. The summed E-state index contributed by atoms with van der Waals surface area (Å²) in [4.78, 5) is 16.4. The zero-order valence-electron chi connectivity index (χ0n) is 15.4. The van der Waals surface area contributed by atoms with Crippen LogP contribution >= 0.6 is 11.6 Å². The zero-order chi connectivity index (χ0) is 18.9. The SMILES string of the molecule is CC1(C)C[C@@H](NCC(=O)Nc2cc(Cl)ccc2-n2cncn2)C(C)(C)O1. The number of benzene rings is 1. The maximum absolute atomic E-state index is 12.5. The first kappa shape index (κ1) is 18.8. The van der Waals surface area contributed by atoms with Gasteiger partial charge in [-0.1, -0.05) is 11.6 Å². The maximum Gasteiger partial charge on any atom is 0.238 e. The first-order chi connectivity index (χ1) is 12.2. The smallest absolute Gasteiger partial charge is 0.238 e. The van der Waals surface area contributed by atoms with E-state index in [0.717, 1.165) is 6.42 Å². The van der Waals surface area contributed by atoms with E-state index < -0.39 is 0 Å².